The summed E-state index contributed by atoms with van der Waals surface area (Å²) >= 11 is 0. The van der Waals surface area contributed by atoms with Gasteiger partial charge in [0.05, 0.1) is 11.4 Å². The van der Waals surface area contributed by atoms with Gasteiger partial charge in [0.2, 0.25) is 5.91 Å². The van der Waals surface area contributed by atoms with Crippen LogP contribution in [-0.2, 0) is 11.3 Å². The van der Waals surface area contributed by atoms with Crippen molar-refractivity contribution < 1.29 is 9.18 Å². The summed E-state index contributed by atoms with van der Waals surface area (Å²) in [6.45, 7) is 0.365. The number of benzene rings is 2. The van der Waals surface area contributed by atoms with Gasteiger partial charge in [-0.25, -0.2) is 9.07 Å². The minimum atomic E-state index is -0.293. The third-order valence-electron chi connectivity index (χ3n) is 5.23. The molecule has 2 aromatic carbocycles. The van der Waals surface area contributed by atoms with Gasteiger partial charge in [0, 0.05) is 35.8 Å². The molecule has 0 radical (unpaired) electrons. The Morgan fingerprint density at radius 3 is 2.57 bits per heavy atom. The maximum absolute atomic E-state index is 13.3. The Morgan fingerprint density at radius 1 is 1.14 bits per heavy atom. The largest absolute Gasteiger partial charge is 0.352 e. The Hall–Kier alpha value is -2.99. The summed E-state index contributed by atoms with van der Waals surface area (Å²) in [7, 11) is 0. The van der Waals surface area contributed by atoms with Gasteiger partial charge in [-0.2, -0.15) is 5.10 Å². The summed E-state index contributed by atoms with van der Waals surface area (Å²) in [6.07, 6.45) is 4.38. The van der Waals surface area contributed by atoms with Crippen LogP contribution in [0.2, 0.25) is 0 Å². The first-order valence-corrected chi connectivity index (χ1v) is 9.53. The number of hydrogen-bond acceptors (Lipinski definition) is 3. The number of halogens is 1. The molecule has 3 aromatic rings. The minimum Gasteiger partial charge on any atom is -0.352 e. The van der Waals surface area contributed by atoms with E-state index in [1.54, 1.807) is 16.8 Å². The molecule has 1 amide bonds. The number of amides is 1. The lowest BCUT2D eigenvalue weighted by Gasteiger charge is -2.10. The van der Waals surface area contributed by atoms with Gasteiger partial charge in [-0.05, 0) is 55.7 Å². The minimum absolute atomic E-state index is 0.0200. The average Bonchev–Trinajstić information content (AvgIpc) is 3.34. The summed E-state index contributed by atoms with van der Waals surface area (Å²) in [5, 5.41) is 7.72. The van der Waals surface area contributed by atoms with Gasteiger partial charge < -0.3 is 11.1 Å². The van der Waals surface area contributed by atoms with Crippen LogP contribution in [0, 0.1) is 11.7 Å². The van der Waals surface area contributed by atoms with Crippen LogP contribution in [0.25, 0.3) is 16.9 Å². The quantitative estimate of drug-likeness (QED) is 0.714. The molecule has 1 heterocycles. The second-order valence-electron chi connectivity index (χ2n) is 7.28. The lowest BCUT2D eigenvalue weighted by atomic mass is 10.1. The predicted octanol–water partition coefficient (Wildman–Crippen LogP) is 3.42. The Kier molecular flexibility index (Phi) is 5.21. The van der Waals surface area contributed by atoms with Crippen molar-refractivity contribution in [1.82, 2.24) is 15.1 Å². The van der Waals surface area contributed by atoms with Crippen molar-refractivity contribution in [1.29, 1.82) is 0 Å². The van der Waals surface area contributed by atoms with E-state index in [-0.39, 0.29) is 23.7 Å². The molecule has 28 heavy (non-hydrogen) atoms. The topological polar surface area (TPSA) is 72.9 Å². The third-order valence-corrected chi connectivity index (χ3v) is 5.23. The monoisotopic (exact) mass is 378 g/mol. The van der Waals surface area contributed by atoms with E-state index in [4.69, 9.17) is 10.8 Å². The molecule has 1 aliphatic rings. The normalized spacial score (nSPS) is 18.9. The zero-order chi connectivity index (χ0) is 19.5. The number of hydrogen-bond donors (Lipinski definition) is 2. The van der Waals surface area contributed by atoms with Crippen LogP contribution < -0.4 is 11.1 Å². The molecule has 6 heteroatoms. The molecule has 0 bridgehead atoms. The van der Waals surface area contributed by atoms with E-state index in [9.17, 15) is 9.18 Å². The van der Waals surface area contributed by atoms with Crippen molar-refractivity contribution in [2.45, 2.75) is 31.8 Å². The van der Waals surface area contributed by atoms with Crippen molar-refractivity contribution in [3.8, 4) is 16.9 Å². The first kappa shape index (κ1) is 18.4. The second kappa shape index (κ2) is 7.94. The predicted molar refractivity (Wildman–Crippen MR) is 106 cm³/mol. The molecule has 4 rings (SSSR count). The number of carbonyl (C=O) groups excluding carboxylic acids is 1. The number of para-hydroxylation sites is 1. The Morgan fingerprint density at radius 2 is 1.89 bits per heavy atom. The fourth-order valence-corrected chi connectivity index (χ4v) is 3.68. The lowest BCUT2D eigenvalue weighted by Crippen LogP contribution is -2.30. The highest BCUT2D eigenvalue weighted by molar-refractivity contribution is 5.79. The summed E-state index contributed by atoms with van der Waals surface area (Å²) in [5.74, 6) is -0.280. The number of rotatable bonds is 5. The molecule has 2 atom stereocenters. The molecule has 0 spiro atoms. The standard InChI is InChI=1S/C22H23FN4O/c23-18-9-6-15(7-10-18)21-17(13-25-22(28)16-8-11-19(24)12-16)14-27(26-21)20-4-2-1-3-5-20/h1-7,9-10,14,16,19H,8,11-13,24H2,(H,25,28). The van der Waals surface area contributed by atoms with Gasteiger partial charge in [0.15, 0.2) is 0 Å². The summed E-state index contributed by atoms with van der Waals surface area (Å²) < 4.78 is 15.1. The van der Waals surface area contributed by atoms with E-state index < -0.39 is 0 Å². The van der Waals surface area contributed by atoms with Crippen molar-refractivity contribution in [2.75, 3.05) is 0 Å². The third kappa shape index (κ3) is 3.97. The van der Waals surface area contributed by atoms with Gasteiger partial charge >= 0.3 is 0 Å². The summed E-state index contributed by atoms with van der Waals surface area (Å²) in [6, 6.07) is 16.1. The maximum atomic E-state index is 13.3. The van der Waals surface area contributed by atoms with Crippen molar-refractivity contribution >= 4 is 5.91 Å². The number of aromatic nitrogens is 2. The Bertz CT molecular complexity index is 952. The maximum Gasteiger partial charge on any atom is 0.223 e. The molecule has 0 saturated heterocycles. The van der Waals surface area contributed by atoms with Crippen molar-refractivity contribution in [3.63, 3.8) is 0 Å². The molecule has 5 nitrogen and oxygen atoms in total. The number of nitrogens with one attached hydrogen (secondary N) is 1. The van der Waals surface area contributed by atoms with Crippen LogP contribution in [0.5, 0.6) is 0 Å². The zero-order valence-electron chi connectivity index (χ0n) is 15.5. The van der Waals surface area contributed by atoms with Crippen molar-refractivity contribution in [3.05, 3.63) is 72.2 Å². The van der Waals surface area contributed by atoms with Crippen LogP contribution in [0.15, 0.2) is 60.8 Å². The van der Waals surface area contributed by atoms with Crippen LogP contribution in [0.4, 0.5) is 4.39 Å². The van der Waals surface area contributed by atoms with E-state index in [1.807, 2.05) is 36.5 Å². The van der Waals surface area contributed by atoms with Crippen LogP contribution >= 0.6 is 0 Å². The van der Waals surface area contributed by atoms with E-state index >= 15 is 0 Å². The first-order chi connectivity index (χ1) is 13.6. The van der Waals surface area contributed by atoms with Gasteiger partial charge in [-0.15, -0.1) is 0 Å². The molecule has 1 saturated carbocycles. The van der Waals surface area contributed by atoms with Crippen molar-refractivity contribution in [2.24, 2.45) is 11.7 Å². The zero-order valence-corrected chi connectivity index (χ0v) is 15.5. The Balaban J connectivity index is 1.60. The fourth-order valence-electron chi connectivity index (χ4n) is 3.68. The highest BCUT2D eigenvalue weighted by Gasteiger charge is 2.27. The van der Waals surface area contributed by atoms with Crippen LogP contribution in [0.1, 0.15) is 24.8 Å². The van der Waals surface area contributed by atoms with E-state index in [0.717, 1.165) is 41.8 Å². The van der Waals surface area contributed by atoms with E-state index in [2.05, 4.69) is 5.32 Å². The van der Waals surface area contributed by atoms with Gasteiger partial charge in [-0.1, -0.05) is 18.2 Å². The summed E-state index contributed by atoms with van der Waals surface area (Å²) in [5.41, 5.74) is 9.27. The molecular weight excluding hydrogens is 355 g/mol. The summed E-state index contributed by atoms with van der Waals surface area (Å²) in [4.78, 5) is 12.5. The second-order valence-corrected chi connectivity index (χ2v) is 7.28. The van der Waals surface area contributed by atoms with Gasteiger partial charge in [-0.3, -0.25) is 4.79 Å². The van der Waals surface area contributed by atoms with Gasteiger partial charge in [0.25, 0.3) is 0 Å². The molecular formula is C22H23FN4O. The number of nitrogens with zero attached hydrogens (tertiary/aromatic N) is 2. The molecule has 144 valence electrons. The molecule has 1 aliphatic carbocycles. The Labute approximate surface area is 163 Å². The average molecular weight is 378 g/mol. The number of nitrogens with two attached hydrogens (primary N) is 1. The first-order valence-electron chi connectivity index (χ1n) is 9.53. The molecule has 2 unspecified atom stereocenters. The highest BCUT2D eigenvalue weighted by atomic mass is 19.1. The van der Waals surface area contributed by atoms with E-state index in [1.165, 1.54) is 12.1 Å². The van der Waals surface area contributed by atoms with Crippen LogP contribution in [0.3, 0.4) is 0 Å². The molecule has 1 aromatic heterocycles. The molecule has 3 N–H and O–H groups in total. The number of carbonyl (C=O) groups is 1. The smallest absolute Gasteiger partial charge is 0.223 e. The SMILES string of the molecule is NC1CCC(C(=O)NCc2cn(-c3ccccc3)nc2-c2ccc(F)cc2)C1. The lowest BCUT2D eigenvalue weighted by molar-refractivity contribution is -0.125. The molecule has 1 fully saturated rings. The molecule has 0 aliphatic heterocycles. The van der Waals surface area contributed by atoms with E-state index in [0.29, 0.717) is 6.54 Å². The fraction of sp³-hybridized carbons (Fsp3) is 0.273. The van der Waals surface area contributed by atoms with Crippen LogP contribution in [-0.4, -0.2) is 21.7 Å². The highest BCUT2D eigenvalue weighted by Crippen LogP contribution is 2.26. The van der Waals surface area contributed by atoms with Gasteiger partial charge in [0.1, 0.15) is 5.82 Å².